The van der Waals surface area contributed by atoms with Crippen LogP contribution in [0.4, 0.5) is 15.3 Å². The third kappa shape index (κ3) is 7.40. The number of rotatable bonds is 7. The van der Waals surface area contributed by atoms with Crippen molar-refractivity contribution in [3.8, 4) is 0 Å². The molecule has 2 aliphatic rings. The van der Waals surface area contributed by atoms with Crippen LogP contribution >= 0.6 is 0 Å². The van der Waals surface area contributed by atoms with Crippen molar-refractivity contribution in [2.75, 3.05) is 44.8 Å². The predicted molar refractivity (Wildman–Crippen MR) is 118 cm³/mol. The normalized spacial score (nSPS) is 19.0. The topological polar surface area (TPSA) is 97.4 Å². The molecule has 2 heterocycles. The number of carbonyl (C=O) groups excluding carboxylic acids is 3. The minimum absolute atomic E-state index is 0.0513. The highest BCUT2D eigenvalue weighted by atomic mass is 16.6. The van der Waals surface area contributed by atoms with Crippen molar-refractivity contribution in [1.29, 1.82) is 0 Å². The minimum atomic E-state index is -0.517. The molecule has 1 aromatic carbocycles. The van der Waals surface area contributed by atoms with E-state index in [0.29, 0.717) is 45.1 Å². The maximum Gasteiger partial charge on any atom is 0.410 e. The smallest absolute Gasteiger partial charge is 0.410 e. The molecule has 1 aromatic rings. The van der Waals surface area contributed by atoms with Crippen molar-refractivity contribution < 1.29 is 28.6 Å². The van der Waals surface area contributed by atoms with Crippen molar-refractivity contribution in [2.45, 2.75) is 45.8 Å². The van der Waals surface area contributed by atoms with Crippen LogP contribution in [-0.4, -0.2) is 72.9 Å². The SMILES string of the molecule is CC(C)(C)OC(=O)N1CCC[C@H](COCC(=O)Nc2ccc(CN3CCOC3=O)cc2)C1. The van der Waals surface area contributed by atoms with E-state index in [9.17, 15) is 14.4 Å². The summed E-state index contributed by atoms with van der Waals surface area (Å²) in [6.45, 7) is 8.67. The van der Waals surface area contributed by atoms with E-state index in [0.717, 1.165) is 18.4 Å². The van der Waals surface area contributed by atoms with Crippen LogP contribution in [0.3, 0.4) is 0 Å². The Bertz CT molecular complexity index is 805. The second-order valence-electron chi connectivity index (χ2n) is 9.23. The summed E-state index contributed by atoms with van der Waals surface area (Å²) in [5.74, 6) is -0.0543. The lowest BCUT2D eigenvalue weighted by Crippen LogP contribution is -2.44. The van der Waals surface area contributed by atoms with Crippen molar-refractivity contribution in [3.05, 3.63) is 29.8 Å². The van der Waals surface area contributed by atoms with Gasteiger partial charge in [0, 0.05) is 31.2 Å². The Morgan fingerprint density at radius 3 is 2.59 bits per heavy atom. The molecule has 3 rings (SSSR count). The summed E-state index contributed by atoms with van der Waals surface area (Å²) in [4.78, 5) is 39.3. The third-order valence-corrected chi connectivity index (χ3v) is 5.21. The number of nitrogens with one attached hydrogen (secondary N) is 1. The maximum atomic E-state index is 12.3. The summed E-state index contributed by atoms with van der Waals surface area (Å²) in [5.41, 5.74) is 1.11. The van der Waals surface area contributed by atoms with Gasteiger partial charge in [-0.1, -0.05) is 12.1 Å². The van der Waals surface area contributed by atoms with Crippen molar-refractivity contribution >= 4 is 23.8 Å². The molecule has 176 valence electrons. The first kappa shape index (κ1) is 23.8. The predicted octanol–water partition coefficient (Wildman–Crippen LogP) is 3.24. The summed E-state index contributed by atoms with van der Waals surface area (Å²) < 4.78 is 16.0. The number of piperidine rings is 1. The van der Waals surface area contributed by atoms with E-state index in [1.54, 1.807) is 21.9 Å². The van der Waals surface area contributed by atoms with E-state index < -0.39 is 5.60 Å². The van der Waals surface area contributed by atoms with Gasteiger partial charge in [0.05, 0.1) is 13.2 Å². The maximum absolute atomic E-state index is 12.3. The van der Waals surface area contributed by atoms with Gasteiger partial charge in [-0.05, 0) is 51.3 Å². The number of cyclic esters (lactones) is 1. The van der Waals surface area contributed by atoms with Gasteiger partial charge in [-0.15, -0.1) is 0 Å². The zero-order chi connectivity index (χ0) is 23.1. The average molecular weight is 448 g/mol. The van der Waals surface area contributed by atoms with Crippen LogP contribution in [0.5, 0.6) is 0 Å². The Labute approximate surface area is 189 Å². The molecule has 2 aliphatic heterocycles. The third-order valence-electron chi connectivity index (χ3n) is 5.21. The number of hydrogen-bond acceptors (Lipinski definition) is 6. The largest absolute Gasteiger partial charge is 0.448 e. The zero-order valence-corrected chi connectivity index (χ0v) is 19.1. The molecule has 0 aliphatic carbocycles. The number of nitrogens with zero attached hydrogens (tertiary/aromatic N) is 2. The molecule has 2 saturated heterocycles. The van der Waals surface area contributed by atoms with Crippen molar-refractivity contribution in [2.24, 2.45) is 5.92 Å². The lowest BCUT2D eigenvalue weighted by atomic mass is 9.99. The standard InChI is InChI=1S/C23H33N3O6/c1-23(2,3)32-22(29)25-10-4-5-18(14-25)15-30-16-20(27)24-19-8-6-17(7-9-19)13-26-11-12-31-21(26)28/h6-9,18H,4-5,10-16H2,1-3H3,(H,24,27)/t18-/m0/s1. The number of likely N-dealkylation sites (tertiary alicyclic amines) is 1. The first-order chi connectivity index (χ1) is 15.2. The quantitative estimate of drug-likeness (QED) is 0.689. The first-order valence-electron chi connectivity index (χ1n) is 11.1. The van der Waals surface area contributed by atoms with Gasteiger partial charge in [0.1, 0.15) is 18.8 Å². The lowest BCUT2D eigenvalue weighted by Gasteiger charge is -2.34. The van der Waals surface area contributed by atoms with E-state index in [1.165, 1.54) is 0 Å². The molecule has 0 aromatic heterocycles. The number of ether oxygens (including phenoxy) is 3. The number of amides is 3. The number of hydrogen-bond donors (Lipinski definition) is 1. The van der Waals surface area contributed by atoms with Crippen LogP contribution in [0, 0.1) is 5.92 Å². The summed E-state index contributed by atoms with van der Waals surface area (Å²) in [7, 11) is 0. The Morgan fingerprint density at radius 2 is 1.94 bits per heavy atom. The number of carbonyl (C=O) groups is 3. The molecule has 1 N–H and O–H groups in total. The summed E-state index contributed by atoms with van der Waals surface area (Å²) >= 11 is 0. The summed E-state index contributed by atoms with van der Waals surface area (Å²) in [5, 5.41) is 2.81. The molecule has 0 spiro atoms. The molecule has 9 nitrogen and oxygen atoms in total. The highest BCUT2D eigenvalue weighted by molar-refractivity contribution is 5.91. The minimum Gasteiger partial charge on any atom is -0.448 e. The molecule has 0 saturated carbocycles. The van der Waals surface area contributed by atoms with Crippen LogP contribution in [0.15, 0.2) is 24.3 Å². The van der Waals surface area contributed by atoms with Gasteiger partial charge in [-0.3, -0.25) is 4.79 Å². The summed E-state index contributed by atoms with van der Waals surface area (Å²) in [6, 6.07) is 7.34. The van der Waals surface area contributed by atoms with E-state index in [2.05, 4.69) is 5.32 Å². The zero-order valence-electron chi connectivity index (χ0n) is 19.1. The first-order valence-corrected chi connectivity index (χ1v) is 11.1. The van der Waals surface area contributed by atoms with Crippen molar-refractivity contribution in [3.63, 3.8) is 0 Å². The molecule has 1 atom stereocenters. The molecule has 3 amide bonds. The fourth-order valence-corrected chi connectivity index (χ4v) is 3.69. The Hall–Kier alpha value is -2.81. The van der Waals surface area contributed by atoms with Gasteiger partial charge < -0.3 is 29.3 Å². The van der Waals surface area contributed by atoms with Crippen LogP contribution in [0.25, 0.3) is 0 Å². The van der Waals surface area contributed by atoms with E-state index >= 15 is 0 Å². The molecule has 0 bridgehead atoms. The lowest BCUT2D eigenvalue weighted by molar-refractivity contribution is -0.121. The average Bonchev–Trinajstić information content (AvgIpc) is 3.13. The van der Waals surface area contributed by atoms with Crippen LogP contribution < -0.4 is 5.32 Å². The van der Waals surface area contributed by atoms with Gasteiger partial charge >= 0.3 is 12.2 Å². The number of anilines is 1. The highest BCUT2D eigenvalue weighted by Gasteiger charge is 2.28. The van der Waals surface area contributed by atoms with Crippen LogP contribution in [-0.2, 0) is 25.5 Å². The fourth-order valence-electron chi connectivity index (χ4n) is 3.69. The van der Waals surface area contributed by atoms with Gasteiger partial charge in [0.15, 0.2) is 0 Å². The van der Waals surface area contributed by atoms with E-state index in [1.807, 2.05) is 32.9 Å². The molecule has 0 unspecified atom stereocenters. The Balaban J connectivity index is 1.36. The molecule has 9 heteroatoms. The molecule has 2 fully saturated rings. The second kappa shape index (κ2) is 10.7. The highest BCUT2D eigenvalue weighted by Crippen LogP contribution is 2.20. The van der Waals surface area contributed by atoms with Gasteiger partial charge in [0.25, 0.3) is 0 Å². The molecule has 0 radical (unpaired) electrons. The van der Waals surface area contributed by atoms with Crippen LogP contribution in [0.2, 0.25) is 0 Å². The molecular formula is C23H33N3O6. The number of benzene rings is 1. The van der Waals surface area contributed by atoms with Gasteiger partial charge in [-0.25, -0.2) is 9.59 Å². The van der Waals surface area contributed by atoms with Crippen LogP contribution in [0.1, 0.15) is 39.2 Å². The van der Waals surface area contributed by atoms with E-state index in [4.69, 9.17) is 14.2 Å². The second-order valence-corrected chi connectivity index (χ2v) is 9.23. The van der Waals surface area contributed by atoms with Crippen molar-refractivity contribution in [1.82, 2.24) is 9.80 Å². The van der Waals surface area contributed by atoms with Gasteiger partial charge in [-0.2, -0.15) is 0 Å². The Morgan fingerprint density at radius 1 is 1.19 bits per heavy atom. The van der Waals surface area contributed by atoms with Gasteiger partial charge in [0.2, 0.25) is 5.91 Å². The summed E-state index contributed by atoms with van der Waals surface area (Å²) in [6.07, 6.45) is 1.24. The monoisotopic (exact) mass is 447 g/mol. The fraction of sp³-hybridized carbons (Fsp3) is 0.609. The van der Waals surface area contributed by atoms with E-state index in [-0.39, 0.29) is 30.6 Å². The Kier molecular flexibility index (Phi) is 7.95. The molecular weight excluding hydrogens is 414 g/mol. The molecule has 32 heavy (non-hydrogen) atoms.